The molecule has 0 bridgehead atoms. The Hall–Kier alpha value is -3.23. The molecule has 2 N–H and O–H groups in total. The standard InChI is InChI=1S/C19H21F2N3O4/c1-22-19(23-9-12-4-3-5-14(6-12)25-2)24-10-13-7-16-17(27-11-26-16)8-15(13)28-18(20)21/h3-8,18H,9-11H2,1-2H3,(H2,22,23,24). The second-order valence-corrected chi connectivity index (χ2v) is 5.82. The van der Waals surface area contributed by atoms with Gasteiger partial charge in [-0.05, 0) is 23.8 Å². The van der Waals surface area contributed by atoms with Gasteiger partial charge in [0.15, 0.2) is 17.5 Å². The average Bonchev–Trinajstić information content (AvgIpc) is 3.15. The van der Waals surface area contributed by atoms with Crippen molar-refractivity contribution < 1.29 is 27.7 Å². The van der Waals surface area contributed by atoms with E-state index in [1.807, 2.05) is 24.3 Å². The van der Waals surface area contributed by atoms with Gasteiger partial charge in [-0.25, -0.2) is 0 Å². The third-order valence-electron chi connectivity index (χ3n) is 4.04. The summed E-state index contributed by atoms with van der Waals surface area (Å²) in [5, 5.41) is 6.23. The third kappa shape index (κ3) is 4.93. The van der Waals surface area contributed by atoms with Crippen LogP contribution in [-0.4, -0.2) is 33.5 Å². The van der Waals surface area contributed by atoms with Crippen molar-refractivity contribution in [2.75, 3.05) is 21.0 Å². The first-order valence-corrected chi connectivity index (χ1v) is 8.54. The number of guanidine groups is 1. The van der Waals surface area contributed by atoms with Gasteiger partial charge in [0.1, 0.15) is 11.5 Å². The highest BCUT2D eigenvalue weighted by molar-refractivity contribution is 5.79. The first kappa shape index (κ1) is 19.5. The third-order valence-corrected chi connectivity index (χ3v) is 4.04. The monoisotopic (exact) mass is 393 g/mol. The molecule has 0 aromatic heterocycles. The second kappa shape index (κ2) is 9.12. The van der Waals surface area contributed by atoms with E-state index in [0.717, 1.165) is 11.3 Å². The van der Waals surface area contributed by atoms with Gasteiger partial charge in [-0.15, -0.1) is 0 Å². The molecule has 3 rings (SSSR count). The van der Waals surface area contributed by atoms with Crippen LogP contribution in [0.5, 0.6) is 23.0 Å². The largest absolute Gasteiger partial charge is 0.497 e. The zero-order valence-corrected chi connectivity index (χ0v) is 15.5. The highest BCUT2D eigenvalue weighted by Crippen LogP contribution is 2.38. The van der Waals surface area contributed by atoms with Crippen LogP contribution in [0.4, 0.5) is 8.78 Å². The van der Waals surface area contributed by atoms with Crippen molar-refractivity contribution in [3.8, 4) is 23.0 Å². The first-order chi connectivity index (χ1) is 13.6. The Morgan fingerprint density at radius 3 is 2.61 bits per heavy atom. The first-order valence-electron chi connectivity index (χ1n) is 8.54. The minimum absolute atomic E-state index is 0.0231. The summed E-state index contributed by atoms with van der Waals surface area (Å²) in [5.41, 5.74) is 1.50. The summed E-state index contributed by atoms with van der Waals surface area (Å²) in [6, 6.07) is 10.6. The molecule has 0 aliphatic carbocycles. The minimum Gasteiger partial charge on any atom is -0.497 e. The van der Waals surface area contributed by atoms with Gasteiger partial charge < -0.3 is 29.6 Å². The number of fused-ring (bicyclic) bond motifs is 1. The molecule has 1 aliphatic heterocycles. The van der Waals surface area contributed by atoms with E-state index in [-0.39, 0.29) is 19.1 Å². The quantitative estimate of drug-likeness (QED) is 0.557. The van der Waals surface area contributed by atoms with E-state index in [2.05, 4.69) is 20.4 Å². The van der Waals surface area contributed by atoms with Crippen LogP contribution in [0.15, 0.2) is 41.4 Å². The maximum absolute atomic E-state index is 12.7. The lowest BCUT2D eigenvalue weighted by atomic mass is 10.1. The second-order valence-electron chi connectivity index (χ2n) is 5.82. The number of hydrogen-bond acceptors (Lipinski definition) is 5. The van der Waals surface area contributed by atoms with E-state index in [4.69, 9.17) is 14.2 Å². The Morgan fingerprint density at radius 2 is 1.89 bits per heavy atom. The predicted octanol–water partition coefficient (Wildman–Crippen LogP) is 2.89. The zero-order chi connectivity index (χ0) is 19.9. The van der Waals surface area contributed by atoms with Crippen LogP contribution in [0.2, 0.25) is 0 Å². The number of methoxy groups -OCH3 is 1. The summed E-state index contributed by atoms with van der Waals surface area (Å²) in [4.78, 5) is 4.14. The molecule has 9 heteroatoms. The Morgan fingerprint density at radius 1 is 1.14 bits per heavy atom. The van der Waals surface area contributed by atoms with Gasteiger partial charge in [0.2, 0.25) is 6.79 Å². The summed E-state index contributed by atoms with van der Waals surface area (Å²) in [7, 11) is 3.23. The molecular weight excluding hydrogens is 372 g/mol. The van der Waals surface area contributed by atoms with Gasteiger partial charge in [0.25, 0.3) is 0 Å². The number of hydrogen-bond donors (Lipinski definition) is 2. The molecule has 1 aliphatic rings. The molecule has 0 fully saturated rings. The van der Waals surface area contributed by atoms with Gasteiger partial charge >= 0.3 is 6.61 Å². The smallest absolute Gasteiger partial charge is 0.387 e. The summed E-state index contributed by atoms with van der Waals surface area (Å²) in [6.45, 7) is -2.18. The van der Waals surface area contributed by atoms with Crippen LogP contribution in [-0.2, 0) is 13.1 Å². The SMILES string of the molecule is CN=C(NCc1cccc(OC)c1)NCc1cc2c(cc1OC(F)F)OCO2. The van der Waals surface area contributed by atoms with Crippen LogP contribution in [0.1, 0.15) is 11.1 Å². The molecule has 7 nitrogen and oxygen atoms in total. The summed E-state index contributed by atoms with van der Waals surface area (Å²) in [6.07, 6.45) is 0. The van der Waals surface area contributed by atoms with Crippen LogP contribution >= 0.6 is 0 Å². The molecule has 0 unspecified atom stereocenters. The lowest BCUT2D eigenvalue weighted by Crippen LogP contribution is -2.36. The molecule has 150 valence electrons. The normalized spacial score (nSPS) is 12.8. The number of nitrogens with zero attached hydrogens (tertiary/aromatic N) is 1. The lowest BCUT2D eigenvalue weighted by Gasteiger charge is -2.15. The fourth-order valence-electron chi connectivity index (χ4n) is 2.68. The molecule has 1 heterocycles. The van der Waals surface area contributed by atoms with Crippen LogP contribution in [0, 0.1) is 0 Å². The van der Waals surface area contributed by atoms with Crippen LogP contribution < -0.4 is 29.6 Å². The fourth-order valence-corrected chi connectivity index (χ4v) is 2.68. The van der Waals surface area contributed by atoms with E-state index in [1.165, 1.54) is 6.07 Å². The van der Waals surface area contributed by atoms with Gasteiger partial charge in [0.05, 0.1) is 7.11 Å². The number of benzene rings is 2. The Balaban J connectivity index is 1.64. The van der Waals surface area contributed by atoms with Crippen molar-refractivity contribution in [1.82, 2.24) is 10.6 Å². The number of rotatable bonds is 7. The average molecular weight is 393 g/mol. The van der Waals surface area contributed by atoms with Crippen molar-refractivity contribution in [3.05, 3.63) is 47.5 Å². The molecule has 28 heavy (non-hydrogen) atoms. The van der Waals surface area contributed by atoms with E-state index < -0.39 is 6.61 Å². The van der Waals surface area contributed by atoms with Crippen molar-refractivity contribution in [2.45, 2.75) is 19.7 Å². The molecule has 0 saturated heterocycles. The number of aliphatic imine (C=N–C) groups is 1. The molecule has 0 saturated carbocycles. The maximum atomic E-state index is 12.7. The molecule has 0 radical (unpaired) electrons. The molecule has 0 amide bonds. The topological polar surface area (TPSA) is 73.3 Å². The van der Waals surface area contributed by atoms with Gasteiger partial charge in [-0.2, -0.15) is 8.78 Å². The summed E-state index contributed by atoms with van der Waals surface area (Å²) < 4.78 is 45.8. The predicted molar refractivity (Wildman–Crippen MR) is 99.2 cm³/mol. The lowest BCUT2D eigenvalue weighted by molar-refractivity contribution is -0.0505. The number of halogens is 2. The molecular formula is C19H21F2N3O4. The number of alkyl halides is 2. The van der Waals surface area contributed by atoms with E-state index >= 15 is 0 Å². The van der Waals surface area contributed by atoms with Gasteiger partial charge in [-0.3, -0.25) is 4.99 Å². The fraction of sp³-hybridized carbons (Fsp3) is 0.316. The van der Waals surface area contributed by atoms with Gasteiger partial charge in [0, 0.05) is 31.8 Å². The molecule has 2 aromatic carbocycles. The molecule has 2 aromatic rings. The van der Waals surface area contributed by atoms with Crippen molar-refractivity contribution in [3.63, 3.8) is 0 Å². The van der Waals surface area contributed by atoms with E-state index in [1.54, 1.807) is 20.2 Å². The van der Waals surface area contributed by atoms with E-state index in [9.17, 15) is 8.78 Å². The van der Waals surface area contributed by atoms with Crippen molar-refractivity contribution in [1.29, 1.82) is 0 Å². The van der Waals surface area contributed by atoms with Gasteiger partial charge in [-0.1, -0.05) is 12.1 Å². The van der Waals surface area contributed by atoms with Crippen molar-refractivity contribution >= 4 is 5.96 Å². The van der Waals surface area contributed by atoms with Crippen molar-refractivity contribution in [2.24, 2.45) is 4.99 Å². The Kier molecular flexibility index (Phi) is 6.36. The maximum Gasteiger partial charge on any atom is 0.387 e. The number of nitrogens with one attached hydrogen (secondary N) is 2. The molecule has 0 spiro atoms. The van der Waals surface area contributed by atoms with E-state index in [0.29, 0.717) is 29.6 Å². The summed E-state index contributed by atoms with van der Waals surface area (Å²) >= 11 is 0. The highest BCUT2D eigenvalue weighted by atomic mass is 19.3. The molecule has 0 atom stereocenters. The number of ether oxygens (including phenoxy) is 4. The zero-order valence-electron chi connectivity index (χ0n) is 15.5. The Bertz CT molecular complexity index is 846. The van der Waals surface area contributed by atoms with Crippen LogP contribution in [0.3, 0.4) is 0 Å². The Labute approximate surface area is 161 Å². The summed E-state index contributed by atoms with van der Waals surface area (Å²) in [5.74, 6) is 2.15. The minimum atomic E-state index is -2.94. The van der Waals surface area contributed by atoms with Crippen LogP contribution in [0.25, 0.3) is 0 Å². The highest BCUT2D eigenvalue weighted by Gasteiger charge is 2.20.